The molecule has 0 heterocycles. The van der Waals surface area contributed by atoms with Crippen LogP contribution in [0.5, 0.6) is 11.5 Å². The van der Waals surface area contributed by atoms with Gasteiger partial charge in [0.15, 0.2) is 0 Å². The molecule has 1 saturated carbocycles. The number of nitrogens with two attached hydrogens (primary N) is 1. The minimum absolute atomic E-state index is 0.293. The van der Waals surface area contributed by atoms with E-state index in [9.17, 15) is 0 Å². The first-order valence-corrected chi connectivity index (χ1v) is 8.05. The molecule has 4 heteroatoms. The summed E-state index contributed by atoms with van der Waals surface area (Å²) in [6.45, 7) is 2.25. The Morgan fingerprint density at radius 1 is 1.35 bits per heavy atom. The van der Waals surface area contributed by atoms with Gasteiger partial charge >= 0.3 is 0 Å². The van der Waals surface area contributed by atoms with Gasteiger partial charge in [-0.2, -0.15) is 0 Å². The van der Waals surface area contributed by atoms with Crippen LogP contribution >= 0.6 is 15.9 Å². The van der Waals surface area contributed by atoms with Crippen molar-refractivity contribution in [1.29, 1.82) is 0 Å². The first-order chi connectivity index (χ1) is 9.55. The quantitative estimate of drug-likeness (QED) is 0.891. The zero-order valence-electron chi connectivity index (χ0n) is 12.5. The maximum atomic E-state index is 6.74. The fraction of sp³-hybridized carbons (Fsp3) is 0.625. The summed E-state index contributed by atoms with van der Waals surface area (Å²) in [6.07, 6.45) is 5.70. The van der Waals surface area contributed by atoms with Gasteiger partial charge in [-0.25, -0.2) is 0 Å². The van der Waals surface area contributed by atoms with Crippen molar-refractivity contribution in [3.63, 3.8) is 0 Å². The van der Waals surface area contributed by atoms with Crippen LogP contribution < -0.4 is 15.2 Å². The number of rotatable bonds is 4. The molecule has 0 aliphatic heterocycles. The zero-order valence-corrected chi connectivity index (χ0v) is 14.1. The summed E-state index contributed by atoms with van der Waals surface area (Å²) in [5, 5.41) is 0. The van der Waals surface area contributed by atoms with Gasteiger partial charge in [0.2, 0.25) is 0 Å². The minimum atomic E-state index is -0.293. The van der Waals surface area contributed by atoms with Gasteiger partial charge < -0.3 is 15.2 Å². The standard InChI is InChI=1S/C16H24BrNO2/c1-4-11-6-5-9-16(18,10-11)12-7-8-13(19-2)14(17)15(12)20-3/h7-8,11H,4-6,9-10,18H2,1-3H3. The van der Waals surface area contributed by atoms with Crippen molar-refractivity contribution in [3.8, 4) is 11.5 Å². The predicted octanol–water partition coefficient (Wildman–Crippen LogP) is 4.22. The SMILES string of the molecule is CCC1CCCC(N)(c2ccc(OC)c(Br)c2OC)C1. The predicted molar refractivity (Wildman–Crippen MR) is 85.4 cm³/mol. The summed E-state index contributed by atoms with van der Waals surface area (Å²) in [7, 11) is 3.34. The largest absolute Gasteiger partial charge is 0.495 e. The maximum Gasteiger partial charge on any atom is 0.141 e. The van der Waals surface area contributed by atoms with Crippen LogP contribution in [0.25, 0.3) is 0 Å². The van der Waals surface area contributed by atoms with Crippen molar-refractivity contribution in [2.24, 2.45) is 11.7 Å². The third-order valence-corrected chi connectivity index (χ3v) is 5.24. The molecule has 1 aromatic carbocycles. The molecule has 2 rings (SSSR count). The smallest absolute Gasteiger partial charge is 0.141 e. The van der Waals surface area contributed by atoms with Crippen molar-refractivity contribution >= 4 is 15.9 Å². The number of benzene rings is 1. The van der Waals surface area contributed by atoms with Gasteiger partial charge in [0.05, 0.1) is 14.2 Å². The first-order valence-electron chi connectivity index (χ1n) is 7.25. The molecule has 0 radical (unpaired) electrons. The monoisotopic (exact) mass is 341 g/mol. The molecule has 1 fully saturated rings. The Bertz CT molecular complexity index is 478. The van der Waals surface area contributed by atoms with Crippen molar-refractivity contribution < 1.29 is 9.47 Å². The molecule has 0 saturated heterocycles. The van der Waals surface area contributed by atoms with E-state index in [-0.39, 0.29) is 5.54 Å². The van der Waals surface area contributed by atoms with E-state index in [0.717, 1.165) is 34.4 Å². The van der Waals surface area contributed by atoms with E-state index in [1.54, 1.807) is 14.2 Å². The third-order valence-electron chi connectivity index (χ3n) is 4.49. The Hall–Kier alpha value is -0.740. The second-order valence-corrected chi connectivity index (χ2v) is 6.48. The van der Waals surface area contributed by atoms with E-state index in [1.807, 2.05) is 6.07 Å². The number of hydrogen-bond donors (Lipinski definition) is 1. The van der Waals surface area contributed by atoms with Crippen LogP contribution in [0.1, 0.15) is 44.6 Å². The Kier molecular flexibility index (Phi) is 4.97. The van der Waals surface area contributed by atoms with E-state index in [4.69, 9.17) is 15.2 Å². The van der Waals surface area contributed by atoms with Crippen molar-refractivity contribution in [1.82, 2.24) is 0 Å². The lowest BCUT2D eigenvalue weighted by Gasteiger charge is -2.39. The fourth-order valence-electron chi connectivity index (χ4n) is 3.31. The molecule has 1 aliphatic rings. The molecule has 2 unspecified atom stereocenters. The lowest BCUT2D eigenvalue weighted by atomic mass is 9.71. The first kappa shape index (κ1) is 15.6. The molecule has 112 valence electrons. The number of methoxy groups -OCH3 is 2. The zero-order chi connectivity index (χ0) is 14.8. The molecule has 0 aromatic heterocycles. The normalized spacial score (nSPS) is 26.4. The van der Waals surface area contributed by atoms with Gasteiger partial charge in [-0.1, -0.05) is 26.2 Å². The molecule has 20 heavy (non-hydrogen) atoms. The van der Waals surface area contributed by atoms with E-state index in [0.29, 0.717) is 5.92 Å². The Labute approximate surface area is 130 Å². The lowest BCUT2D eigenvalue weighted by Crippen LogP contribution is -2.41. The molecular weight excluding hydrogens is 318 g/mol. The minimum Gasteiger partial charge on any atom is -0.495 e. The molecule has 1 aromatic rings. The van der Waals surface area contributed by atoms with E-state index >= 15 is 0 Å². The van der Waals surface area contributed by atoms with E-state index in [2.05, 4.69) is 28.9 Å². The van der Waals surface area contributed by atoms with Crippen LogP contribution in [0.2, 0.25) is 0 Å². The topological polar surface area (TPSA) is 44.5 Å². The average Bonchev–Trinajstić information content (AvgIpc) is 2.46. The molecule has 0 bridgehead atoms. The van der Waals surface area contributed by atoms with Crippen LogP contribution in [-0.2, 0) is 5.54 Å². The van der Waals surface area contributed by atoms with E-state index in [1.165, 1.54) is 19.3 Å². The van der Waals surface area contributed by atoms with Gasteiger partial charge in [0, 0.05) is 11.1 Å². The number of halogens is 1. The van der Waals surface area contributed by atoms with Gasteiger partial charge in [-0.05, 0) is 46.8 Å². The Morgan fingerprint density at radius 2 is 2.10 bits per heavy atom. The molecule has 0 amide bonds. The summed E-state index contributed by atoms with van der Waals surface area (Å²) < 4.78 is 11.8. The second kappa shape index (κ2) is 6.35. The second-order valence-electron chi connectivity index (χ2n) is 5.69. The fourth-order valence-corrected chi connectivity index (χ4v) is 3.98. The van der Waals surface area contributed by atoms with Gasteiger partial charge in [0.1, 0.15) is 16.0 Å². The van der Waals surface area contributed by atoms with Crippen LogP contribution in [-0.4, -0.2) is 14.2 Å². The molecular formula is C16H24BrNO2. The maximum absolute atomic E-state index is 6.74. The molecule has 0 spiro atoms. The Balaban J connectivity index is 2.43. The highest BCUT2D eigenvalue weighted by atomic mass is 79.9. The summed E-state index contributed by atoms with van der Waals surface area (Å²) in [6, 6.07) is 4.02. The van der Waals surface area contributed by atoms with Crippen molar-refractivity contribution in [2.45, 2.75) is 44.6 Å². The van der Waals surface area contributed by atoms with Crippen LogP contribution in [0.4, 0.5) is 0 Å². The lowest BCUT2D eigenvalue weighted by molar-refractivity contribution is 0.215. The summed E-state index contributed by atoms with van der Waals surface area (Å²) in [5.41, 5.74) is 7.54. The van der Waals surface area contributed by atoms with Crippen LogP contribution in [0.15, 0.2) is 16.6 Å². The number of ether oxygens (including phenoxy) is 2. The van der Waals surface area contributed by atoms with Gasteiger partial charge in [-0.3, -0.25) is 0 Å². The highest BCUT2D eigenvalue weighted by Gasteiger charge is 2.36. The highest BCUT2D eigenvalue weighted by Crippen LogP contribution is 2.46. The van der Waals surface area contributed by atoms with Crippen LogP contribution in [0, 0.1) is 5.92 Å². The summed E-state index contributed by atoms with van der Waals surface area (Å²) in [4.78, 5) is 0. The van der Waals surface area contributed by atoms with Crippen molar-refractivity contribution in [2.75, 3.05) is 14.2 Å². The van der Waals surface area contributed by atoms with Gasteiger partial charge in [-0.15, -0.1) is 0 Å². The summed E-state index contributed by atoms with van der Waals surface area (Å²) in [5.74, 6) is 2.29. The van der Waals surface area contributed by atoms with E-state index < -0.39 is 0 Å². The molecule has 2 N–H and O–H groups in total. The van der Waals surface area contributed by atoms with Crippen LogP contribution in [0.3, 0.4) is 0 Å². The molecule has 3 nitrogen and oxygen atoms in total. The summed E-state index contributed by atoms with van der Waals surface area (Å²) >= 11 is 3.57. The average molecular weight is 342 g/mol. The van der Waals surface area contributed by atoms with Gasteiger partial charge in [0.25, 0.3) is 0 Å². The third kappa shape index (κ3) is 2.82. The highest BCUT2D eigenvalue weighted by molar-refractivity contribution is 9.10. The Morgan fingerprint density at radius 3 is 2.70 bits per heavy atom. The molecule has 1 aliphatic carbocycles. The van der Waals surface area contributed by atoms with Crippen molar-refractivity contribution in [3.05, 3.63) is 22.2 Å². The molecule has 2 atom stereocenters. The number of hydrogen-bond acceptors (Lipinski definition) is 3.